The first kappa shape index (κ1) is 14.3. The quantitative estimate of drug-likeness (QED) is 0.868. The number of hydrogen-bond donors (Lipinski definition) is 2. The number of aliphatic hydroxyl groups excluding tert-OH is 1. The Hall–Kier alpha value is -0.780. The first-order valence-corrected chi connectivity index (χ1v) is 6.54. The zero-order valence-corrected chi connectivity index (χ0v) is 11.1. The largest absolute Gasteiger partial charge is 0.394 e. The van der Waals surface area contributed by atoms with Gasteiger partial charge in [-0.2, -0.15) is 0 Å². The normalized spacial score (nSPS) is 15.6. The zero-order valence-electron chi connectivity index (χ0n) is 10.2. The Kier molecular flexibility index (Phi) is 4.80. The van der Waals surface area contributed by atoms with E-state index in [1.807, 2.05) is 20.8 Å². The Morgan fingerprint density at radius 3 is 2.47 bits per heavy atom. The molecule has 1 aromatic rings. The lowest BCUT2D eigenvalue weighted by Gasteiger charge is -2.23. The molecule has 3 nitrogen and oxygen atoms in total. The SMILES string of the molecule is CC(C)(C)[S@@](=O)N[C@@H](CO)c1ccccc1F. The van der Waals surface area contributed by atoms with Crippen LogP contribution in [0.2, 0.25) is 0 Å². The van der Waals surface area contributed by atoms with Crippen LogP contribution in [-0.4, -0.2) is 20.7 Å². The lowest BCUT2D eigenvalue weighted by Crippen LogP contribution is -2.37. The van der Waals surface area contributed by atoms with Gasteiger partial charge in [0, 0.05) is 5.56 Å². The summed E-state index contributed by atoms with van der Waals surface area (Å²) in [7, 11) is -1.35. The van der Waals surface area contributed by atoms with E-state index in [2.05, 4.69) is 4.72 Å². The van der Waals surface area contributed by atoms with Gasteiger partial charge in [-0.05, 0) is 26.8 Å². The zero-order chi connectivity index (χ0) is 13.1. The Morgan fingerprint density at radius 2 is 2.00 bits per heavy atom. The van der Waals surface area contributed by atoms with Gasteiger partial charge < -0.3 is 5.11 Å². The van der Waals surface area contributed by atoms with E-state index in [9.17, 15) is 13.7 Å². The van der Waals surface area contributed by atoms with Crippen molar-refractivity contribution in [3.8, 4) is 0 Å². The summed E-state index contributed by atoms with van der Waals surface area (Å²) in [6, 6.07) is 5.50. The summed E-state index contributed by atoms with van der Waals surface area (Å²) in [5.74, 6) is -0.412. The maximum Gasteiger partial charge on any atom is 0.128 e. The molecule has 5 heteroatoms. The molecule has 0 spiro atoms. The summed E-state index contributed by atoms with van der Waals surface area (Å²) in [5, 5.41) is 9.25. The van der Waals surface area contributed by atoms with Crippen LogP contribution in [-0.2, 0) is 11.0 Å². The van der Waals surface area contributed by atoms with Crippen molar-refractivity contribution in [1.82, 2.24) is 4.72 Å². The van der Waals surface area contributed by atoms with Crippen LogP contribution in [0, 0.1) is 5.82 Å². The van der Waals surface area contributed by atoms with Crippen molar-refractivity contribution in [2.45, 2.75) is 31.6 Å². The van der Waals surface area contributed by atoms with Gasteiger partial charge in [0.1, 0.15) is 5.82 Å². The van der Waals surface area contributed by atoms with Gasteiger partial charge in [-0.15, -0.1) is 0 Å². The molecule has 0 aromatic heterocycles. The number of rotatable bonds is 4. The van der Waals surface area contributed by atoms with Crippen LogP contribution >= 0.6 is 0 Å². The van der Waals surface area contributed by atoms with E-state index in [0.717, 1.165) is 0 Å². The van der Waals surface area contributed by atoms with Gasteiger partial charge in [0.25, 0.3) is 0 Å². The fraction of sp³-hybridized carbons (Fsp3) is 0.500. The van der Waals surface area contributed by atoms with Gasteiger partial charge in [0.15, 0.2) is 0 Å². The van der Waals surface area contributed by atoms with Gasteiger partial charge in [0.2, 0.25) is 0 Å². The molecule has 0 saturated carbocycles. The van der Waals surface area contributed by atoms with E-state index in [1.54, 1.807) is 18.2 Å². The van der Waals surface area contributed by atoms with E-state index in [1.165, 1.54) is 6.07 Å². The van der Waals surface area contributed by atoms with Gasteiger partial charge in [-0.1, -0.05) is 18.2 Å². The van der Waals surface area contributed by atoms with Crippen molar-refractivity contribution in [3.63, 3.8) is 0 Å². The maximum absolute atomic E-state index is 13.5. The van der Waals surface area contributed by atoms with Crippen LogP contribution < -0.4 is 4.72 Å². The summed E-state index contributed by atoms with van der Waals surface area (Å²) in [4.78, 5) is 0. The van der Waals surface area contributed by atoms with Crippen molar-refractivity contribution in [3.05, 3.63) is 35.6 Å². The fourth-order valence-electron chi connectivity index (χ4n) is 1.26. The fourth-order valence-corrected chi connectivity index (χ4v) is 2.08. The molecule has 2 atom stereocenters. The predicted octanol–water partition coefficient (Wildman–Crippen LogP) is 1.91. The van der Waals surface area contributed by atoms with Gasteiger partial charge in [-0.25, -0.2) is 13.3 Å². The summed E-state index contributed by atoms with van der Waals surface area (Å²) >= 11 is 0. The average Bonchev–Trinajstić information content (AvgIpc) is 2.25. The molecule has 0 saturated heterocycles. The molecule has 2 N–H and O–H groups in total. The van der Waals surface area contributed by atoms with E-state index >= 15 is 0 Å². The van der Waals surface area contributed by atoms with Crippen molar-refractivity contribution >= 4 is 11.0 Å². The highest BCUT2D eigenvalue weighted by Crippen LogP contribution is 2.19. The highest BCUT2D eigenvalue weighted by Gasteiger charge is 2.24. The predicted molar refractivity (Wildman–Crippen MR) is 67.3 cm³/mol. The minimum Gasteiger partial charge on any atom is -0.394 e. The summed E-state index contributed by atoms with van der Waals surface area (Å²) in [5.41, 5.74) is 0.326. The minimum atomic E-state index is -1.35. The molecule has 96 valence electrons. The topological polar surface area (TPSA) is 49.3 Å². The number of hydrogen-bond acceptors (Lipinski definition) is 2. The highest BCUT2D eigenvalue weighted by molar-refractivity contribution is 7.84. The van der Waals surface area contributed by atoms with Crippen molar-refractivity contribution in [2.24, 2.45) is 0 Å². The summed E-state index contributed by atoms with van der Waals surface area (Å²) < 4.78 is 27.7. The Bertz CT molecular complexity index is 404. The van der Waals surface area contributed by atoms with E-state index < -0.39 is 27.6 Å². The molecule has 0 unspecified atom stereocenters. The minimum absolute atomic E-state index is 0.303. The molecular formula is C12H18FNO2S. The van der Waals surface area contributed by atoms with Gasteiger partial charge >= 0.3 is 0 Å². The molecule has 0 amide bonds. The second-order valence-electron chi connectivity index (χ2n) is 4.76. The van der Waals surface area contributed by atoms with E-state index in [4.69, 9.17) is 0 Å². The van der Waals surface area contributed by atoms with Crippen molar-refractivity contribution in [1.29, 1.82) is 0 Å². The molecule has 1 rings (SSSR count). The first-order chi connectivity index (χ1) is 7.86. The van der Waals surface area contributed by atoms with Crippen LogP contribution in [0.15, 0.2) is 24.3 Å². The number of halogens is 1. The van der Waals surface area contributed by atoms with Crippen LogP contribution in [0.1, 0.15) is 32.4 Å². The van der Waals surface area contributed by atoms with Gasteiger partial charge in [0.05, 0.1) is 28.4 Å². The van der Waals surface area contributed by atoms with Crippen LogP contribution in [0.25, 0.3) is 0 Å². The third-order valence-corrected chi connectivity index (χ3v) is 3.88. The molecular weight excluding hydrogens is 241 g/mol. The molecule has 0 radical (unpaired) electrons. The molecule has 0 aliphatic carbocycles. The van der Waals surface area contributed by atoms with E-state index in [-0.39, 0.29) is 6.61 Å². The molecule has 0 heterocycles. The highest BCUT2D eigenvalue weighted by atomic mass is 32.2. The third-order valence-electron chi connectivity index (χ3n) is 2.27. The van der Waals surface area contributed by atoms with Crippen molar-refractivity contribution in [2.75, 3.05) is 6.61 Å². The average molecular weight is 259 g/mol. The molecule has 17 heavy (non-hydrogen) atoms. The second kappa shape index (κ2) is 5.71. The third kappa shape index (κ3) is 3.87. The monoisotopic (exact) mass is 259 g/mol. The summed E-state index contributed by atoms with van der Waals surface area (Å²) in [6.07, 6.45) is 0. The summed E-state index contributed by atoms with van der Waals surface area (Å²) in [6.45, 7) is 5.13. The lowest BCUT2D eigenvalue weighted by atomic mass is 10.1. The molecule has 0 aliphatic rings. The smallest absolute Gasteiger partial charge is 0.128 e. The Balaban J connectivity index is 2.87. The number of benzene rings is 1. The number of nitrogens with one attached hydrogen (secondary N) is 1. The van der Waals surface area contributed by atoms with Crippen molar-refractivity contribution < 1.29 is 13.7 Å². The molecule has 1 aromatic carbocycles. The first-order valence-electron chi connectivity index (χ1n) is 5.39. The van der Waals surface area contributed by atoms with E-state index in [0.29, 0.717) is 5.56 Å². The Labute approximate surface area is 104 Å². The number of aliphatic hydroxyl groups is 1. The van der Waals surface area contributed by atoms with Gasteiger partial charge in [-0.3, -0.25) is 0 Å². The molecule has 0 fully saturated rings. The molecule has 0 bridgehead atoms. The maximum atomic E-state index is 13.5. The van der Waals surface area contributed by atoms with Crippen LogP contribution in [0.3, 0.4) is 0 Å². The Morgan fingerprint density at radius 1 is 1.41 bits per heavy atom. The second-order valence-corrected chi connectivity index (χ2v) is 6.75. The van der Waals surface area contributed by atoms with Crippen LogP contribution in [0.4, 0.5) is 4.39 Å². The standard InChI is InChI=1S/C12H18FNO2S/c1-12(2,3)17(16)14-11(8-15)9-6-4-5-7-10(9)13/h4-7,11,14-15H,8H2,1-3H3/t11-,17+/m0/s1. The lowest BCUT2D eigenvalue weighted by molar-refractivity contribution is 0.257. The van der Waals surface area contributed by atoms with Crippen LogP contribution in [0.5, 0.6) is 0 Å². The molecule has 0 aliphatic heterocycles.